The van der Waals surface area contributed by atoms with Gasteiger partial charge in [-0.3, -0.25) is 0 Å². The van der Waals surface area contributed by atoms with Crippen molar-refractivity contribution in [2.24, 2.45) is 0 Å². The Kier molecular flexibility index (Phi) is 4.05. The van der Waals surface area contributed by atoms with E-state index in [4.69, 9.17) is 9.84 Å². The molecule has 0 fully saturated rings. The normalized spacial score (nSPS) is 11.2. The maximum Gasteiger partial charge on any atom is 0.371 e. The van der Waals surface area contributed by atoms with Crippen LogP contribution >= 0.6 is 0 Å². The summed E-state index contributed by atoms with van der Waals surface area (Å²) in [5.74, 6) is -0.750. The molecule has 2 rings (SSSR count). The van der Waals surface area contributed by atoms with Crippen LogP contribution in [0, 0.1) is 6.92 Å². The number of aryl methyl sites for hydroxylation is 1. The van der Waals surface area contributed by atoms with Gasteiger partial charge >= 0.3 is 5.97 Å². The van der Waals surface area contributed by atoms with Crippen LogP contribution in [0.4, 0.5) is 0 Å². The first-order valence-electron chi connectivity index (χ1n) is 6.03. The average Bonchev–Trinajstić information content (AvgIpc) is 2.42. The van der Waals surface area contributed by atoms with Gasteiger partial charge in [-0.05, 0) is 42.8 Å². The van der Waals surface area contributed by atoms with Gasteiger partial charge in [0.25, 0.3) is 0 Å². The monoisotopic (exact) mass is 270 g/mol. The van der Waals surface area contributed by atoms with Gasteiger partial charge < -0.3 is 14.9 Å². The predicted octanol–water partition coefficient (Wildman–Crippen LogP) is 3.21. The Labute approximate surface area is 116 Å². The van der Waals surface area contributed by atoms with Crippen LogP contribution < -0.4 is 4.74 Å². The second-order valence-corrected chi connectivity index (χ2v) is 4.32. The molecular weight excluding hydrogens is 256 g/mol. The summed E-state index contributed by atoms with van der Waals surface area (Å²) in [6.45, 7) is 1.94. The van der Waals surface area contributed by atoms with Gasteiger partial charge in [-0.2, -0.15) is 0 Å². The molecule has 0 aliphatic rings. The molecular formula is C16H14O4. The summed E-state index contributed by atoms with van der Waals surface area (Å²) in [6, 6.07) is 13.3. The number of hydrogen-bond acceptors (Lipinski definition) is 3. The van der Waals surface area contributed by atoms with E-state index in [1.165, 1.54) is 18.2 Å². The van der Waals surface area contributed by atoms with Gasteiger partial charge in [0.15, 0.2) is 0 Å². The number of phenolic OH excluding ortho intramolecular Hbond substituents is 1. The lowest BCUT2D eigenvalue weighted by molar-refractivity contribution is -0.134. The molecule has 0 bridgehead atoms. The molecule has 4 nitrogen and oxygen atoms in total. The van der Waals surface area contributed by atoms with Crippen LogP contribution in [0.15, 0.2) is 54.3 Å². The molecule has 2 aromatic carbocycles. The third-order valence-electron chi connectivity index (χ3n) is 2.65. The number of rotatable bonds is 4. The van der Waals surface area contributed by atoms with Gasteiger partial charge in [0.1, 0.15) is 11.5 Å². The van der Waals surface area contributed by atoms with Gasteiger partial charge in [0, 0.05) is 0 Å². The topological polar surface area (TPSA) is 66.8 Å². The Morgan fingerprint density at radius 3 is 2.20 bits per heavy atom. The molecule has 102 valence electrons. The van der Waals surface area contributed by atoms with Gasteiger partial charge in [-0.15, -0.1) is 0 Å². The Balaban J connectivity index is 2.25. The van der Waals surface area contributed by atoms with E-state index in [-0.39, 0.29) is 11.5 Å². The number of ether oxygens (including phenoxy) is 1. The number of carboxylic acid groups (broad SMARTS) is 1. The van der Waals surface area contributed by atoms with Crippen molar-refractivity contribution in [3.63, 3.8) is 0 Å². The van der Waals surface area contributed by atoms with Gasteiger partial charge in [0.05, 0.1) is 0 Å². The molecule has 0 saturated heterocycles. The van der Waals surface area contributed by atoms with E-state index in [9.17, 15) is 9.90 Å². The lowest BCUT2D eigenvalue weighted by atomic mass is 10.2. The summed E-state index contributed by atoms with van der Waals surface area (Å²) in [4.78, 5) is 11.2. The standard InChI is InChI=1S/C16H14O4/c1-11-2-8-14(9-3-11)20-15(16(18)19)10-12-4-6-13(17)7-5-12/h2-10,17H,1H3,(H,18,19). The van der Waals surface area contributed by atoms with E-state index >= 15 is 0 Å². The minimum Gasteiger partial charge on any atom is -0.508 e. The van der Waals surface area contributed by atoms with E-state index in [2.05, 4.69) is 0 Å². The maximum atomic E-state index is 11.2. The summed E-state index contributed by atoms with van der Waals surface area (Å²) in [7, 11) is 0. The quantitative estimate of drug-likeness (QED) is 0.661. The maximum absolute atomic E-state index is 11.2. The molecule has 0 amide bonds. The molecule has 0 unspecified atom stereocenters. The summed E-state index contributed by atoms with van der Waals surface area (Å²) in [6.07, 6.45) is 1.40. The van der Waals surface area contributed by atoms with Crippen LogP contribution in [0.1, 0.15) is 11.1 Å². The van der Waals surface area contributed by atoms with Crippen LogP contribution in [0.5, 0.6) is 11.5 Å². The second kappa shape index (κ2) is 5.93. The second-order valence-electron chi connectivity index (χ2n) is 4.32. The van der Waals surface area contributed by atoms with Gasteiger partial charge in [-0.25, -0.2) is 4.79 Å². The number of carbonyl (C=O) groups is 1. The fourth-order valence-electron chi connectivity index (χ4n) is 1.59. The van der Waals surface area contributed by atoms with E-state index in [0.29, 0.717) is 11.3 Å². The highest BCUT2D eigenvalue weighted by Gasteiger charge is 2.10. The first kappa shape index (κ1) is 13.7. The number of benzene rings is 2. The van der Waals surface area contributed by atoms with Crippen LogP contribution in [-0.2, 0) is 4.79 Å². The van der Waals surface area contributed by atoms with Crippen LogP contribution in [0.3, 0.4) is 0 Å². The Morgan fingerprint density at radius 2 is 1.65 bits per heavy atom. The summed E-state index contributed by atoms with van der Waals surface area (Å²) in [5.41, 5.74) is 1.70. The lowest BCUT2D eigenvalue weighted by Crippen LogP contribution is -2.07. The highest BCUT2D eigenvalue weighted by Crippen LogP contribution is 2.18. The lowest BCUT2D eigenvalue weighted by Gasteiger charge is -2.06. The third kappa shape index (κ3) is 3.62. The fraction of sp³-hybridized carbons (Fsp3) is 0.0625. The van der Waals surface area contributed by atoms with Crippen LogP contribution in [0.2, 0.25) is 0 Å². The molecule has 2 aromatic rings. The zero-order chi connectivity index (χ0) is 14.5. The molecule has 0 spiro atoms. The minimum absolute atomic E-state index is 0.124. The third-order valence-corrected chi connectivity index (χ3v) is 2.65. The van der Waals surface area contributed by atoms with E-state index in [1.54, 1.807) is 24.3 Å². The van der Waals surface area contributed by atoms with Crippen molar-refractivity contribution < 1.29 is 19.7 Å². The van der Waals surface area contributed by atoms with E-state index < -0.39 is 5.97 Å². The van der Waals surface area contributed by atoms with Crippen LogP contribution in [0.25, 0.3) is 6.08 Å². The van der Waals surface area contributed by atoms with Crippen molar-refractivity contribution in [1.82, 2.24) is 0 Å². The Hall–Kier alpha value is -2.75. The smallest absolute Gasteiger partial charge is 0.371 e. The first-order chi connectivity index (χ1) is 9.54. The number of carboxylic acids is 1. The van der Waals surface area contributed by atoms with Crippen LogP contribution in [-0.4, -0.2) is 16.2 Å². The molecule has 0 atom stereocenters. The first-order valence-corrected chi connectivity index (χ1v) is 6.03. The molecule has 0 saturated carbocycles. The van der Waals surface area contributed by atoms with Gasteiger partial charge in [-0.1, -0.05) is 29.8 Å². The molecule has 0 aromatic heterocycles. The average molecular weight is 270 g/mol. The molecule has 2 N–H and O–H groups in total. The van der Waals surface area contributed by atoms with Crippen molar-refractivity contribution in [1.29, 1.82) is 0 Å². The predicted molar refractivity (Wildman–Crippen MR) is 75.5 cm³/mol. The van der Waals surface area contributed by atoms with Crippen molar-refractivity contribution in [3.8, 4) is 11.5 Å². The Morgan fingerprint density at radius 1 is 1.05 bits per heavy atom. The van der Waals surface area contributed by atoms with E-state index in [0.717, 1.165) is 5.56 Å². The molecule has 0 radical (unpaired) electrons. The molecule has 4 heteroatoms. The molecule has 0 heterocycles. The van der Waals surface area contributed by atoms with Crippen molar-refractivity contribution >= 4 is 12.0 Å². The molecule has 0 aliphatic heterocycles. The molecule has 0 aliphatic carbocycles. The zero-order valence-corrected chi connectivity index (χ0v) is 10.9. The summed E-state index contributed by atoms with van der Waals surface area (Å²) < 4.78 is 5.36. The van der Waals surface area contributed by atoms with Crippen molar-refractivity contribution in [2.75, 3.05) is 0 Å². The Bertz CT molecular complexity index is 625. The molecule has 20 heavy (non-hydrogen) atoms. The van der Waals surface area contributed by atoms with Crippen molar-refractivity contribution in [2.45, 2.75) is 6.92 Å². The number of phenols is 1. The highest BCUT2D eigenvalue weighted by molar-refractivity contribution is 5.90. The number of aliphatic carboxylic acids is 1. The zero-order valence-electron chi connectivity index (χ0n) is 10.9. The summed E-state index contributed by atoms with van der Waals surface area (Å²) in [5, 5.41) is 18.4. The minimum atomic E-state index is -1.15. The SMILES string of the molecule is Cc1ccc(OC(=Cc2ccc(O)cc2)C(=O)O)cc1. The van der Waals surface area contributed by atoms with Gasteiger partial charge in [0.2, 0.25) is 5.76 Å². The fourth-order valence-corrected chi connectivity index (χ4v) is 1.59. The number of hydrogen-bond donors (Lipinski definition) is 2. The van der Waals surface area contributed by atoms with Crippen molar-refractivity contribution in [3.05, 3.63) is 65.4 Å². The largest absolute Gasteiger partial charge is 0.508 e. The summed E-state index contributed by atoms with van der Waals surface area (Å²) >= 11 is 0. The van der Waals surface area contributed by atoms with E-state index in [1.807, 2.05) is 19.1 Å². The number of aromatic hydroxyl groups is 1. The highest BCUT2D eigenvalue weighted by atomic mass is 16.5.